The summed E-state index contributed by atoms with van der Waals surface area (Å²) in [6.07, 6.45) is 0. The van der Waals surface area contributed by atoms with Gasteiger partial charge >= 0.3 is 0 Å². The quantitative estimate of drug-likeness (QED) is 0.833. The van der Waals surface area contributed by atoms with Crippen LogP contribution in [-0.2, 0) is 17.1 Å². The van der Waals surface area contributed by atoms with E-state index in [9.17, 15) is 17.2 Å². The molecular formula is C8H6BrF2N5O2S. The fourth-order valence-electron chi connectivity index (χ4n) is 1.29. The molecule has 0 fully saturated rings. The van der Waals surface area contributed by atoms with Crippen molar-refractivity contribution < 1.29 is 17.2 Å². The normalized spacial score (nSPS) is 11.6. The number of aromatic nitrogens is 4. The number of rotatable bonds is 3. The molecule has 19 heavy (non-hydrogen) atoms. The molecule has 11 heteroatoms. The van der Waals surface area contributed by atoms with E-state index in [1.165, 1.54) is 7.05 Å². The molecule has 0 amide bonds. The summed E-state index contributed by atoms with van der Waals surface area (Å²) in [6, 6.07) is 1.75. The Hall–Kier alpha value is -1.62. The second-order valence-electron chi connectivity index (χ2n) is 3.39. The van der Waals surface area contributed by atoms with Crippen LogP contribution in [0.5, 0.6) is 0 Å². The summed E-state index contributed by atoms with van der Waals surface area (Å²) in [5.74, 6) is -2.32. The molecule has 0 unspecified atom stereocenters. The number of nitrogens with zero attached hydrogens (tertiary/aromatic N) is 4. The summed E-state index contributed by atoms with van der Waals surface area (Å²) in [5, 5.41) is 6.70. The second-order valence-corrected chi connectivity index (χ2v) is 5.74. The van der Waals surface area contributed by atoms with Gasteiger partial charge in [0.1, 0.15) is 5.69 Å². The minimum absolute atomic E-state index is 0.0296. The van der Waals surface area contributed by atoms with E-state index < -0.39 is 27.6 Å². The number of sulfonamides is 1. The number of nitrogens with one attached hydrogen (secondary N) is 1. The van der Waals surface area contributed by atoms with Crippen LogP contribution in [0.3, 0.4) is 0 Å². The minimum Gasteiger partial charge on any atom is -0.274 e. The van der Waals surface area contributed by atoms with Crippen molar-refractivity contribution >= 4 is 31.6 Å². The number of hydrogen-bond acceptors (Lipinski definition) is 5. The molecule has 7 nitrogen and oxygen atoms in total. The van der Waals surface area contributed by atoms with Crippen LogP contribution < -0.4 is 4.72 Å². The van der Waals surface area contributed by atoms with Crippen LogP contribution >= 0.6 is 15.9 Å². The number of anilines is 1. The molecule has 102 valence electrons. The first-order chi connectivity index (χ1) is 8.81. The predicted octanol–water partition coefficient (Wildman–Crippen LogP) is 1.05. The topological polar surface area (TPSA) is 89.8 Å². The first kappa shape index (κ1) is 13.8. The molecule has 0 bridgehead atoms. The lowest BCUT2D eigenvalue weighted by molar-refractivity contribution is 0.515. The molecule has 1 N–H and O–H groups in total. The van der Waals surface area contributed by atoms with E-state index in [2.05, 4.69) is 31.2 Å². The van der Waals surface area contributed by atoms with Crippen molar-refractivity contribution in [3.05, 3.63) is 28.6 Å². The maximum absolute atomic E-state index is 13.3. The minimum atomic E-state index is -4.13. The van der Waals surface area contributed by atoms with E-state index in [0.29, 0.717) is 0 Å². The lowest BCUT2D eigenvalue weighted by atomic mass is 10.4. The number of pyridine rings is 1. The highest BCUT2D eigenvalue weighted by atomic mass is 79.9. The van der Waals surface area contributed by atoms with Gasteiger partial charge in [-0.2, -0.15) is 22.2 Å². The Morgan fingerprint density at radius 2 is 2.05 bits per heavy atom. The van der Waals surface area contributed by atoms with Crippen molar-refractivity contribution in [1.29, 1.82) is 0 Å². The summed E-state index contributed by atoms with van der Waals surface area (Å²) in [7, 11) is -2.78. The molecular weight excluding hydrogens is 348 g/mol. The smallest absolute Gasteiger partial charge is 0.274 e. The highest BCUT2D eigenvalue weighted by Crippen LogP contribution is 2.22. The Morgan fingerprint density at radius 3 is 2.58 bits per heavy atom. The SMILES string of the molecule is Cn1nnc(Br)c1S(=O)(=O)Nc1ccc(F)nc1F. The molecule has 0 aromatic carbocycles. The fourth-order valence-corrected chi connectivity index (χ4v) is 3.44. The van der Waals surface area contributed by atoms with Gasteiger partial charge in [0.05, 0.1) is 0 Å². The molecule has 2 aromatic rings. The average Bonchev–Trinajstić information content (AvgIpc) is 2.63. The largest absolute Gasteiger partial charge is 0.282 e. The molecule has 2 aromatic heterocycles. The van der Waals surface area contributed by atoms with Gasteiger partial charge in [0.25, 0.3) is 10.0 Å². The molecule has 0 aliphatic carbocycles. The van der Waals surface area contributed by atoms with E-state index >= 15 is 0 Å². The average molecular weight is 354 g/mol. The van der Waals surface area contributed by atoms with Crippen LogP contribution in [0.4, 0.5) is 14.5 Å². The van der Waals surface area contributed by atoms with Gasteiger partial charge in [-0.05, 0) is 28.1 Å². The van der Waals surface area contributed by atoms with E-state index in [4.69, 9.17) is 0 Å². The zero-order chi connectivity index (χ0) is 14.2. The Kier molecular flexibility index (Phi) is 3.49. The van der Waals surface area contributed by atoms with E-state index in [-0.39, 0.29) is 9.63 Å². The van der Waals surface area contributed by atoms with Crippen molar-refractivity contribution in [3.8, 4) is 0 Å². The van der Waals surface area contributed by atoms with Gasteiger partial charge in [-0.3, -0.25) is 4.72 Å². The Labute approximate surface area is 114 Å². The van der Waals surface area contributed by atoms with Crippen LogP contribution in [-0.4, -0.2) is 28.4 Å². The molecule has 0 saturated heterocycles. The molecule has 0 atom stereocenters. The highest BCUT2D eigenvalue weighted by Gasteiger charge is 2.25. The molecule has 0 saturated carbocycles. The van der Waals surface area contributed by atoms with Gasteiger partial charge in [0.15, 0.2) is 4.60 Å². The third-order valence-electron chi connectivity index (χ3n) is 2.05. The van der Waals surface area contributed by atoms with Gasteiger partial charge in [0.2, 0.25) is 16.9 Å². The van der Waals surface area contributed by atoms with Crippen LogP contribution in [0.2, 0.25) is 0 Å². The molecule has 0 aliphatic rings. The van der Waals surface area contributed by atoms with Gasteiger partial charge in [0, 0.05) is 7.05 Å². The van der Waals surface area contributed by atoms with Crippen molar-refractivity contribution in [1.82, 2.24) is 20.0 Å². The third-order valence-corrected chi connectivity index (χ3v) is 4.30. The van der Waals surface area contributed by atoms with Crippen LogP contribution in [0.25, 0.3) is 0 Å². The maximum atomic E-state index is 13.3. The van der Waals surface area contributed by atoms with E-state index in [0.717, 1.165) is 16.8 Å². The van der Waals surface area contributed by atoms with Gasteiger partial charge in [-0.1, -0.05) is 5.21 Å². The summed E-state index contributed by atoms with van der Waals surface area (Å²) in [6.45, 7) is 0. The van der Waals surface area contributed by atoms with E-state index in [1.54, 1.807) is 0 Å². The molecule has 2 rings (SSSR count). The van der Waals surface area contributed by atoms with Crippen molar-refractivity contribution in [3.63, 3.8) is 0 Å². The van der Waals surface area contributed by atoms with E-state index in [1.807, 2.05) is 4.72 Å². The third kappa shape index (κ3) is 2.71. The summed E-state index contributed by atoms with van der Waals surface area (Å²) >= 11 is 2.91. The standard InChI is InChI=1S/C8H6BrF2N5O2S/c1-16-8(6(9)13-15-16)19(17,18)14-4-2-3-5(10)12-7(4)11/h2-3,14H,1H3. The lowest BCUT2D eigenvalue weighted by Gasteiger charge is -2.08. The van der Waals surface area contributed by atoms with Crippen molar-refractivity contribution in [2.45, 2.75) is 5.03 Å². The highest BCUT2D eigenvalue weighted by molar-refractivity contribution is 9.10. The van der Waals surface area contributed by atoms with Gasteiger partial charge < -0.3 is 0 Å². The second kappa shape index (κ2) is 4.81. The lowest BCUT2D eigenvalue weighted by Crippen LogP contribution is -2.18. The van der Waals surface area contributed by atoms with Gasteiger partial charge in [-0.25, -0.2) is 4.68 Å². The van der Waals surface area contributed by atoms with Gasteiger partial charge in [-0.15, -0.1) is 5.10 Å². The molecule has 0 aliphatic heterocycles. The molecule has 2 heterocycles. The molecule has 0 spiro atoms. The van der Waals surface area contributed by atoms with Crippen LogP contribution in [0.1, 0.15) is 0 Å². The van der Waals surface area contributed by atoms with Crippen LogP contribution in [0.15, 0.2) is 21.8 Å². The Bertz CT molecular complexity index is 713. The number of halogens is 3. The summed E-state index contributed by atoms with van der Waals surface area (Å²) < 4.78 is 52.8. The Morgan fingerprint density at radius 1 is 1.37 bits per heavy atom. The van der Waals surface area contributed by atoms with Crippen LogP contribution in [0, 0.1) is 11.9 Å². The fraction of sp³-hybridized carbons (Fsp3) is 0.125. The summed E-state index contributed by atoms with van der Waals surface area (Å²) in [5.41, 5.74) is -0.477. The van der Waals surface area contributed by atoms with Crippen molar-refractivity contribution in [2.24, 2.45) is 7.05 Å². The maximum Gasteiger partial charge on any atom is 0.282 e. The summed E-state index contributed by atoms with van der Waals surface area (Å²) in [4.78, 5) is 2.87. The number of hydrogen-bond donors (Lipinski definition) is 1. The van der Waals surface area contributed by atoms with Crippen molar-refractivity contribution in [2.75, 3.05) is 4.72 Å². The zero-order valence-electron chi connectivity index (χ0n) is 9.30. The number of aryl methyl sites for hydroxylation is 1. The molecule has 0 radical (unpaired) electrons. The first-order valence-corrected chi connectivity index (χ1v) is 6.99. The zero-order valence-corrected chi connectivity index (χ0v) is 11.7. The monoisotopic (exact) mass is 353 g/mol. The predicted molar refractivity (Wildman–Crippen MR) is 63.7 cm³/mol. The Balaban J connectivity index is 2.42. The first-order valence-electron chi connectivity index (χ1n) is 4.71.